The first-order valence-corrected chi connectivity index (χ1v) is 5.41. The molecule has 3 N–H and O–H groups in total. The zero-order valence-corrected chi connectivity index (χ0v) is 11.0. The third-order valence-electron chi connectivity index (χ3n) is 3.07. The molecule has 0 heterocycles. The minimum Gasteiger partial charge on any atom is -0.481 e. The van der Waals surface area contributed by atoms with E-state index in [1.807, 2.05) is 0 Å². The average Bonchev–Trinajstić information content (AvgIpc) is 2.12. The van der Waals surface area contributed by atoms with Crippen LogP contribution in [0, 0.1) is 0 Å². The molecule has 0 aromatic carbocycles. The molecule has 0 aliphatic rings. The van der Waals surface area contributed by atoms with Gasteiger partial charge in [0.2, 0.25) is 0 Å². The quantitative estimate of drug-likeness (QED) is 0.414. The fourth-order valence-corrected chi connectivity index (χ4v) is 1.64. The molecule has 0 aromatic heterocycles. The summed E-state index contributed by atoms with van der Waals surface area (Å²) in [6.45, 7) is 1.52. The van der Waals surface area contributed by atoms with Crippen LogP contribution in [0.2, 0.25) is 0 Å². The molecular weight excluding hydrogens is 242 g/mol. The smallest absolute Gasteiger partial charge is 0.310 e. The summed E-state index contributed by atoms with van der Waals surface area (Å²) in [6, 6.07) is -0.750. The van der Waals surface area contributed by atoms with Crippen molar-refractivity contribution in [1.82, 2.24) is 0 Å². The minimum atomic E-state index is -2.19. The molecule has 2 unspecified atom stereocenters. The van der Waals surface area contributed by atoms with Crippen molar-refractivity contribution in [2.24, 2.45) is 0 Å². The molecule has 0 spiro atoms. The van der Waals surface area contributed by atoms with E-state index in [4.69, 9.17) is 10.2 Å². The van der Waals surface area contributed by atoms with Gasteiger partial charge in [-0.1, -0.05) is 0 Å². The van der Waals surface area contributed by atoms with Crippen LogP contribution in [0.3, 0.4) is 0 Å². The third-order valence-corrected chi connectivity index (χ3v) is 3.07. The Balaban J connectivity index is 5.36. The van der Waals surface area contributed by atoms with Crippen LogP contribution in [0.1, 0.15) is 19.8 Å². The molecule has 0 aromatic rings. The summed E-state index contributed by atoms with van der Waals surface area (Å²) >= 11 is 0. The maximum Gasteiger partial charge on any atom is 0.310 e. The lowest BCUT2D eigenvalue weighted by Crippen LogP contribution is -2.61. The lowest BCUT2D eigenvalue weighted by molar-refractivity contribution is -0.900. The number of likely N-dealkylation sites (N-methyl/N-ethyl adjacent to an activating group) is 1. The van der Waals surface area contributed by atoms with Crippen LogP contribution in [-0.4, -0.2) is 70.3 Å². The number of aliphatic carboxylic acids is 2. The maximum atomic E-state index is 11.8. The molecule has 0 fully saturated rings. The fraction of sp³-hybridized carbons (Fsp3) is 0.727. The van der Waals surface area contributed by atoms with E-state index in [9.17, 15) is 19.5 Å². The van der Waals surface area contributed by atoms with Crippen molar-refractivity contribution in [1.29, 1.82) is 0 Å². The van der Waals surface area contributed by atoms with Gasteiger partial charge in [0.1, 0.15) is 12.5 Å². The van der Waals surface area contributed by atoms with E-state index in [1.165, 1.54) is 6.92 Å². The second-order valence-electron chi connectivity index (χ2n) is 5.28. The van der Waals surface area contributed by atoms with Crippen LogP contribution in [0.5, 0.6) is 0 Å². The predicted molar refractivity (Wildman–Crippen MR) is 62.0 cm³/mol. The van der Waals surface area contributed by atoms with Gasteiger partial charge >= 0.3 is 11.9 Å². The summed E-state index contributed by atoms with van der Waals surface area (Å²) in [5, 5.41) is 27.7. The number of carboxylic acids is 2. The predicted octanol–water partition coefficient (Wildman–Crippen LogP) is -0.669. The van der Waals surface area contributed by atoms with Crippen LogP contribution in [0.4, 0.5) is 0 Å². The van der Waals surface area contributed by atoms with Gasteiger partial charge < -0.3 is 19.8 Å². The normalized spacial score (nSPS) is 16.7. The SMILES string of the molecule is CC(C(O)(CC(=O)O)C(=O)CC(=O)O)[N+](C)(C)C. The monoisotopic (exact) mass is 262 g/mol. The standard InChI is InChI=1S/C11H19NO6/c1-7(12(2,3)4)11(18,6-10(16)17)8(13)5-9(14)15/h7,18H,5-6H2,1-4H3,(H-,14,15,16,17)/p+1. The Labute approximate surface area is 105 Å². The minimum absolute atomic E-state index is 0.134. The number of carboxylic acid groups (broad SMARTS) is 2. The van der Waals surface area contributed by atoms with Crippen LogP contribution in [0.15, 0.2) is 0 Å². The first-order valence-electron chi connectivity index (χ1n) is 5.41. The van der Waals surface area contributed by atoms with Crippen LogP contribution in [-0.2, 0) is 14.4 Å². The zero-order valence-electron chi connectivity index (χ0n) is 11.0. The fourth-order valence-electron chi connectivity index (χ4n) is 1.64. The highest BCUT2D eigenvalue weighted by Crippen LogP contribution is 2.25. The molecule has 18 heavy (non-hydrogen) atoms. The number of quaternary nitrogens is 1. The average molecular weight is 262 g/mol. The van der Waals surface area contributed by atoms with E-state index >= 15 is 0 Å². The lowest BCUT2D eigenvalue weighted by atomic mass is 9.84. The van der Waals surface area contributed by atoms with Crippen molar-refractivity contribution in [2.75, 3.05) is 21.1 Å². The van der Waals surface area contributed by atoms with Crippen molar-refractivity contribution in [2.45, 2.75) is 31.4 Å². The highest BCUT2D eigenvalue weighted by atomic mass is 16.4. The van der Waals surface area contributed by atoms with Gasteiger partial charge in [0.05, 0.1) is 27.6 Å². The van der Waals surface area contributed by atoms with Gasteiger partial charge in [-0.3, -0.25) is 14.4 Å². The molecule has 0 radical (unpaired) electrons. The molecule has 0 saturated carbocycles. The summed E-state index contributed by atoms with van der Waals surface area (Å²) in [7, 11) is 5.06. The van der Waals surface area contributed by atoms with Gasteiger partial charge in [-0.15, -0.1) is 0 Å². The molecule has 0 amide bonds. The molecule has 7 nitrogen and oxygen atoms in total. The molecule has 7 heteroatoms. The summed E-state index contributed by atoms with van der Waals surface area (Å²) in [5.74, 6) is -3.73. The summed E-state index contributed by atoms with van der Waals surface area (Å²) < 4.78 is 0.134. The molecule has 0 aliphatic heterocycles. The van der Waals surface area contributed by atoms with Gasteiger partial charge in [-0.2, -0.15) is 0 Å². The number of ketones is 1. The second-order valence-corrected chi connectivity index (χ2v) is 5.28. The van der Waals surface area contributed by atoms with Crippen LogP contribution < -0.4 is 0 Å². The second kappa shape index (κ2) is 5.45. The number of carbonyl (C=O) groups is 3. The Morgan fingerprint density at radius 2 is 1.56 bits per heavy atom. The molecule has 0 saturated heterocycles. The molecule has 0 bridgehead atoms. The first kappa shape index (κ1) is 16.5. The number of hydrogen-bond donors (Lipinski definition) is 3. The molecular formula is C11H20NO6+. The molecule has 0 rings (SSSR count). The number of hydrogen-bond acceptors (Lipinski definition) is 4. The van der Waals surface area contributed by atoms with Crippen molar-refractivity contribution in [3.8, 4) is 0 Å². The van der Waals surface area contributed by atoms with Crippen molar-refractivity contribution < 1.29 is 34.2 Å². The van der Waals surface area contributed by atoms with E-state index in [0.29, 0.717) is 0 Å². The van der Waals surface area contributed by atoms with Gasteiger partial charge in [0.25, 0.3) is 0 Å². The summed E-state index contributed by atoms with van der Waals surface area (Å²) in [4.78, 5) is 33.1. The zero-order chi connectivity index (χ0) is 14.7. The number of carbonyl (C=O) groups excluding carboxylic acids is 1. The van der Waals surface area contributed by atoms with Gasteiger partial charge in [0.15, 0.2) is 11.4 Å². The number of rotatable bonds is 7. The van der Waals surface area contributed by atoms with Gasteiger partial charge in [-0.05, 0) is 6.92 Å². The summed E-state index contributed by atoms with van der Waals surface area (Å²) in [6.07, 6.45) is -1.70. The maximum absolute atomic E-state index is 11.8. The topological polar surface area (TPSA) is 112 Å². The van der Waals surface area contributed by atoms with E-state index in [2.05, 4.69) is 0 Å². The Morgan fingerprint density at radius 3 is 1.83 bits per heavy atom. The number of nitrogens with zero attached hydrogens (tertiary/aromatic N) is 1. The Kier molecular flexibility index (Phi) is 5.00. The summed E-state index contributed by atoms with van der Waals surface area (Å²) in [5.41, 5.74) is -2.19. The molecule has 0 aliphatic carbocycles. The third kappa shape index (κ3) is 4.08. The molecule has 2 atom stereocenters. The van der Waals surface area contributed by atoms with Crippen molar-refractivity contribution in [3.05, 3.63) is 0 Å². The van der Waals surface area contributed by atoms with E-state index in [1.54, 1.807) is 21.1 Å². The Morgan fingerprint density at radius 1 is 1.11 bits per heavy atom. The Bertz CT molecular complexity index is 359. The van der Waals surface area contributed by atoms with Gasteiger partial charge in [-0.25, -0.2) is 0 Å². The van der Waals surface area contributed by atoms with E-state index in [0.717, 1.165) is 0 Å². The lowest BCUT2D eigenvalue weighted by Gasteiger charge is -2.40. The van der Waals surface area contributed by atoms with Crippen LogP contribution >= 0.6 is 0 Å². The molecule has 104 valence electrons. The van der Waals surface area contributed by atoms with Crippen molar-refractivity contribution in [3.63, 3.8) is 0 Å². The van der Waals surface area contributed by atoms with E-state index in [-0.39, 0.29) is 4.48 Å². The number of Topliss-reactive ketones (excluding diaryl/α,β-unsaturated/α-hetero) is 1. The van der Waals surface area contributed by atoms with Gasteiger partial charge in [0, 0.05) is 0 Å². The number of aliphatic hydroxyl groups is 1. The Hall–Kier alpha value is -1.47. The van der Waals surface area contributed by atoms with Crippen molar-refractivity contribution >= 4 is 17.7 Å². The van der Waals surface area contributed by atoms with E-state index < -0.39 is 42.2 Å². The largest absolute Gasteiger partial charge is 0.481 e. The first-order chi connectivity index (χ1) is 7.91. The highest BCUT2D eigenvalue weighted by Gasteiger charge is 2.49. The van der Waals surface area contributed by atoms with Crippen LogP contribution in [0.25, 0.3) is 0 Å². The highest BCUT2D eigenvalue weighted by molar-refractivity contribution is 6.01.